The first-order valence-electron chi connectivity index (χ1n) is 2.97. The van der Waals surface area contributed by atoms with Gasteiger partial charge in [-0.05, 0) is 0 Å². The van der Waals surface area contributed by atoms with Gasteiger partial charge in [0.05, 0.1) is 0 Å². The number of hydrogen-bond donors (Lipinski definition) is 4. The third kappa shape index (κ3) is 4.68. The Hall–Kier alpha value is -0.690. The van der Waals surface area contributed by atoms with Gasteiger partial charge in [0.2, 0.25) is 0 Å². The van der Waals surface area contributed by atoms with Gasteiger partial charge in [-0.3, -0.25) is 4.79 Å². The summed E-state index contributed by atoms with van der Waals surface area (Å²) in [7, 11) is 0. The molecule has 1 unspecified atom stereocenters. The maximum absolute atomic E-state index is 10.1. The molecule has 2 atom stereocenters. The second-order valence-electron chi connectivity index (χ2n) is 1.93. The van der Waals surface area contributed by atoms with Crippen molar-refractivity contribution in [3.8, 4) is 0 Å². The summed E-state index contributed by atoms with van der Waals surface area (Å²) in [6, 6.07) is -1.17. The Kier molecular flexibility index (Phi) is 4.71. The molecule has 0 aliphatic rings. The third-order valence-electron chi connectivity index (χ3n) is 1.04. The summed E-state index contributed by atoms with van der Waals surface area (Å²) in [6.07, 6.45) is -1.57. The number of ether oxygens (including phenoxy) is 1. The Labute approximate surface area is 63.2 Å². The molecule has 5 N–H and O–H groups in total. The lowest BCUT2D eigenvalue weighted by atomic mass is 10.2. The summed E-state index contributed by atoms with van der Waals surface area (Å²) >= 11 is 0. The van der Waals surface area contributed by atoms with E-state index in [1.165, 1.54) is 0 Å². The molecule has 6 nitrogen and oxygen atoms in total. The summed E-state index contributed by atoms with van der Waals surface area (Å²) < 4.78 is 4.23. The molecule has 0 bridgehead atoms. The monoisotopic (exact) mass is 165 g/mol. The van der Waals surface area contributed by atoms with Crippen molar-refractivity contribution in [2.24, 2.45) is 5.73 Å². The van der Waals surface area contributed by atoms with Crippen LogP contribution in [-0.4, -0.2) is 40.4 Å². The van der Waals surface area contributed by atoms with E-state index in [4.69, 9.17) is 21.1 Å². The van der Waals surface area contributed by atoms with Crippen LogP contribution in [0, 0.1) is 0 Å². The quantitative estimate of drug-likeness (QED) is 0.353. The third-order valence-corrected chi connectivity index (χ3v) is 1.04. The zero-order valence-electron chi connectivity index (χ0n) is 5.80. The van der Waals surface area contributed by atoms with Gasteiger partial charge in [-0.15, -0.1) is 0 Å². The van der Waals surface area contributed by atoms with Crippen LogP contribution in [0.4, 0.5) is 0 Å². The minimum absolute atomic E-state index is 0.240. The lowest BCUT2D eigenvalue weighted by Crippen LogP contribution is -2.34. The Bertz CT molecular complexity index is 128. The fourth-order valence-corrected chi connectivity index (χ4v) is 0.472. The predicted octanol–water partition coefficient (Wildman–Crippen LogP) is -1.93. The molecule has 0 aliphatic heterocycles. The van der Waals surface area contributed by atoms with Gasteiger partial charge in [-0.1, -0.05) is 0 Å². The smallest absolute Gasteiger partial charge is 0.320 e. The summed E-state index contributed by atoms with van der Waals surface area (Å²) in [5, 5.41) is 25.1. The van der Waals surface area contributed by atoms with Gasteiger partial charge in [-0.25, -0.2) is 0 Å². The van der Waals surface area contributed by atoms with Crippen LogP contribution >= 0.6 is 0 Å². The first-order valence-corrected chi connectivity index (χ1v) is 2.97. The second kappa shape index (κ2) is 5.03. The van der Waals surface area contributed by atoms with Crippen molar-refractivity contribution >= 4 is 5.97 Å². The largest absolute Gasteiger partial charge is 0.480 e. The Morgan fingerprint density at radius 1 is 1.64 bits per heavy atom. The maximum atomic E-state index is 10.1. The van der Waals surface area contributed by atoms with E-state index in [1.54, 1.807) is 0 Å². The van der Waals surface area contributed by atoms with Gasteiger partial charge < -0.3 is 25.8 Å². The van der Waals surface area contributed by atoms with Crippen molar-refractivity contribution in [2.45, 2.75) is 18.8 Å². The van der Waals surface area contributed by atoms with Crippen LogP contribution in [0.2, 0.25) is 0 Å². The molecule has 0 saturated carbocycles. The average molecular weight is 165 g/mol. The van der Waals surface area contributed by atoms with Gasteiger partial charge in [-0.2, -0.15) is 0 Å². The van der Waals surface area contributed by atoms with E-state index in [2.05, 4.69) is 4.74 Å². The molecule has 0 aliphatic carbocycles. The summed E-state index contributed by atoms with van der Waals surface area (Å²) in [4.78, 5) is 10.1. The molecule has 11 heavy (non-hydrogen) atoms. The molecule has 0 saturated heterocycles. The van der Waals surface area contributed by atoms with E-state index in [0.29, 0.717) is 0 Å². The summed E-state index contributed by atoms with van der Waals surface area (Å²) in [5.41, 5.74) is 5.03. The fraction of sp³-hybridized carbons (Fsp3) is 0.800. The summed E-state index contributed by atoms with van der Waals surface area (Å²) in [6.45, 7) is -0.659. The molecule has 0 radical (unpaired) electrons. The number of aliphatic hydroxyl groups is 2. The van der Waals surface area contributed by atoms with E-state index >= 15 is 0 Å². The number of rotatable bonds is 5. The molecule has 0 rings (SSSR count). The Morgan fingerprint density at radius 2 is 2.18 bits per heavy atom. The standard InChI is InChI=1S/C5H11NO5/c6-3(5(9)10)1-4(8)11-2-7/h3-4,7-8H,1-2,6H2,(H,9,10)/t3-,4?/m0/s1. The van der Waals surface area contributed by atoms with Crippen molar-refractivity contribution in [3.05, 3.63) is 0 Å². The van der Waals surface area contributed by atoms with Gasteiger partial charge in [0, 0.05) is 6.42 Å². The van der Waals surface area contributed by atoms with Crippen LogP contribution in [0.5, 0.6) is 0 Å². The maximum Gasteiger partial charge on any atom is 0.320 e. The minimum atomic E-state index is -1.33. The number of nitrogens with two attached hydrogens (primary N) is 1. The lowest BCUT2D eigenvalue weighted by Gasteiger charge is -2.11. The van der Waals surface area contributed by atoms with Crippen LogP contribution < -0.4 is 5.73 Å². The Morgan fingerprint density at radius 3 is 2.55 bits per heavy atom. The normalized spacial score (nSPS) is 15.9. The number of hydrogen-bond acceptors (Lipinski definition) is 5. The van der Waals surface area contributed by atoms with Gasteiger partial charge in [0.1, 0.15) is 12.8 Å². The summed E-state index contributed by atoms with van der Waals surface area (Å²) in [5.74, 6) is -1.22. The average Bonchev–Trinajstić information content (AvgIpc) is 1.87. The van der Waals surface area contributed by atoms with Gasteiger partial charge in [0.25, 0.3) is 0 Å². The molecule has 0 fully saturated rings. The molecule has 0 aromatic carbocycles. The molecule has 0 spiro atoms. The highest BCUT2D eigenvalue weighted by Crippen LogP contribution is 1.96. The van der Waals surface area contributed by atoms with Crippen molar-refractivity contribution in [2.75, 3.05) is 6.79 Å². The molecule has 6 heteroatoms. The zero-order valence-corrected chi connectivity index (χ0v) is 5.80. The Balaban J connectivity index is 3.56. The number of carboxylic acid groups (broad SMARTS) is 1. The highest BCUT2D eigenvalue weighted by molar-refractivity contribution is 5.72. The second-order valence-corrected chi connectivity index (χ2v) is 1.93. The molecule has 0 aromatic heterocycles. The highest BCUT2D eigenvalue weighted by atomic mass is 16.7. The number of carboxylic acids is 1. The highest BCUT2D eigenvalue weighted by Gasteiger charge is 2.16. The van der Waals surface area contributed by atoms with Crippen LogP contribution in [0.15, 0.2) is 0 Å². The molecule has 0 aromatic rings. The fourth-order valence-electron chi connectivity index (χ4n) is 0.472. The van der Waals surface area contributed by atoms with E-state index in [0.717, 1.165) is 0 Å². The number of aliphatic carboxylic acids is 1. The first-order chi connectivity index (χ1) is 5.07. The van der Waals surface area contributed by atoms with Gasteiger partial charge >= 0.3 is 5.97 Å². The van der Waals surface area contributed by atoms with E-state index in [9.17, 15) is 4.79 Å². The minimum Gasteiger partial charge on any atom is -0.480 e. The van der Waals surface area contributed by atoms with E-state index in [-0.39, 0.29) is 6.42 Å². The number of carbonyl (C=O) groups is 1. The number of aliphatic hydroxyl groups excluding tert-OH is 2. The van der Waals surface area contributed by atoms with Gasteiger partial charge in [0.15, 0.2) is 6.29 Å². The van der Waals surface area contributed by atoms with Crippen LogP contribution in [0.1, 0.15) is 6.42 Å². The molecule has 0 amide bonds. The lowest BCUT2D eigenvalue weighted by molar-refractivity contribution is -0.162. The predicted molar refractivity (Wildman–Crippen MR) is 34.4 cm³/mol. The van der Waals surface area contributed by atoms with Crippen molar-refractivity contribution in [3.63, 3.8) is 0 Å². The van der Waals surface area contributed by atoms with E-state index < -0.39 is 25.1 Å². The van der Waals surface area contributed by atoms with Crippen LogP contribution in [-0.2, 0) is 9.53 Å². The molecule has 0 heterocycles. The topological polar surface area (TPSA) is 113 Å². The van der Waals surface area contributed by atoms with Crippen molar-refractivity contribution in [1.82, 2.24) is 0 Å². The van der Waals surface area contributed by atoms with Crippen molar-refractivity contribution < 1.29 is 24.9 Å². The zero-order chi connectivity index (χ0) is 8.85. The molecular weight excluding hydrogens is 154 g/mol. The van der Waals surface area contributed by atoms with Crippen LogP contribution in [0.3, 0.4) is 0 Å². The first kappa shape index (κ1) is 10.3. The SMILES string of the molecule is N[C@@H](CC(O)OCO)C(=O)O. The molecule has 66 valence electrons. The van der Waals surface area contributed by atoms with Crippen LogP contribution in [0.25, 0.3) is 0 Å². The van der Waals surface area contributed by atoms with E-state index in [1.807, 2.05) is 0 Å². The molecular formula is C5H11NO5. The van der Waals surface area contributed by atoms with Crippen molar-refractivity contribution in [1.29, 1.82) is 0 Å².